The van der Waals surface area contributed by atoms with Crippen molar-refractivity contribution in [2.75, 3.05) is 13.7 Å². The molecule has 21 heavy (non-hydrogen) atoms. The number of halogens is 1. The average Bonchev–Trinajstić information content (AvgIpc) is 2.41. The first-order valence-corrected chi connectivity index (χ1v) is 7.61. The SMILES string of the molecule is [C-]#[N+]C(C)(COC)NC(=O)Cc1c(C)cc(Br)cc1CC. The van der Waals surface area contributed by atoms with Gasteiger partial charge in [0.05, 0.1) is 6.42 Å². The smallest absolute Gasteiger partial charge is 0.327 e. The number of aryl methyl sites for hydroxylation is 2. The Balaban J connectivity index is 2.92. The molecule has 0 spiro atoms. The fourth-order valence-electron chi connectivity index (χ4n) is 2.29. The predicted molar refractivity (Wildman–Crippen MR) is 87.0 cm³/mol. The number of benzene rings is 1. The Hall–Kier alpha value is -1.38. The Morgan fingerprint density at radius 3 is 2.71 bits per heavy atom. The molecule has 1 atom stereocenters. The molecule has 114 valence electrons. The third-order valence-electron chi connectivity index (χ3n) is 3.33. The molecule has 1 unspecified atom stereocenters. The molecule has 4 nitrogen and oxygen atoms in total. The zero-order chi connectivity index (χ0) is 16.0. The van der Waals surface area contributed by atoms with Crippen LogP contribution in [0.3, 0.4) is 0 Å². The molecular weight excluding hydrogens is 332 g/mol. The lowest BCUT2D eigenvalue weighted by atomic mass is 9.97. The van der Waals surface area contributed by atoms with Gasteiger partial charge in [-0.3, -0.25) is 15.0 Å². The van der Waals surface area contributed by atoms with E-state index >= 15 is 0 Å². The van der Waals surface area contributed by atoms with Crippen molar-refractivity contribution in [2.45, 2.75) is 39.3 Å². The summed E-state index contributed by atoms with van der Waals surface area (Å²) in [5, 5.41) is 2.76. The Bertz CT molecular complexity index is 566. The number of methoxy groups -OCH3 is 1. The third kappa shape index (κ3) is 4.83. The summed E-state index contributed by atoms with van der Waals surface area (Å²) in [6.45, 7) is 13.1. The number of rotatable bonds is 6. The first-order chi connectivity index (χ1) is 9.85. The van der Waals surface area contributed by atoms with Gasteiger partial charge >= 0.3 is 5.66 Å². The normalized spacial score (nSPS) is 13.3. The lowest BCUT2D eigenvalue weighted by Gasteiger charge is -2.19. The van der Waals surface area contributed by atoms with Crippen LogP contribution in [0.2, 0.25) is 0 Å². The van der Waals surface area contributed by atoms with E-state index in [4.69, 9.17) is 11.3 Å². The molecule has 0 bridgehead atoms. The zero-order valence-electron chi connectivity index (χ0n) is 12.9. The molecule has 0 aliphatic rings. The summed E-state index contributed by atoms with van der Waals surface area (Å²) in [5.74, 6) is -0.161. The van der Waals surface area contributed by atoms with E-state index < -0.39 is 5.66 Å². The van der Waals surface area contributed by atoms with Crippen LogP contribution in [0.4, 0.5) is 0 Å². The summed E-state index contributed by atoms with van der Waals surface area (Å²) >= 11 is 3.48. The molecule has 0 saturated carbocycles. The van der Waals surface area contributed by atoms with E-state index in [2.05, 4.69) is 33.0 Å². The maximum Gasteiger partial charge on any atom is 0.327 e. The Morgan fingerprint density at radius 1 is 1.52 bits per heavy atom. The highest BCUT2D eigenvalue weighted by Crippen LogP contribution is 2.22. The first-order valence-electron chi connectivity index (χ1n) is 6.81. The standard InChI is InChI=1S/C16H21BrN2O2/c1-6-12-8-13(17)7-11(2)14(12)9-15(20)19-16(3,18-4)10-21-5/h7-8H,6,9-10H2,1-3,5H3,(H,19,20). The van der Waals surface area contributed by atoms with E-state index in [1.807, 2.05) is 19.1 Å². The quantitative estimate of drug-likeness (QED) is 0.798. The average molecular weight is 353 g/mol. The van der Waals surface area contributed by atoms with Gasteiger partial charge < -0.3 is 4.74 Å². The van der Waals surface area contributed by atoms with Crippen molar-refractivity contribution in [1.82, 2.24) is 5.32 Å². The van der Waals surface area contributed by atoms with Crippen molar-refractivity contribution in [1.29, 1.82) is 0 Å². The Morgan fingerprint density at radius 2 is 2.19 bits per heavy atom. The molecule has 0 radical (unpaired) electrons. The minimum Gasteiger partial charge on any atom is -0.374 e. The van der Waals surface area contributed by atoms with Gasteiger partial charge in [0, 0.05) is 18.5 Å². The molecule has 0 aromatic heterocycles. The maximum atomic E-state index is 12.2. The molecule has 0 heterocycles. The number of ether oxygens (including phenoxy) is 1. The van der Waals surface area contributed by atoms with Crippen LogP contribution in [0, 0.1) is 13.5 Å². The highest BCUT2D eigenvalue weighted by atomic mass is 79.9. The monoisotopic (exact) mass is 352 g/mol. The van der Waals surface area contributed by atoms with Crippen LogP contribution in [-0.2, 0) is 22.4 Å². The van der Waals surface area contributed by atoms with Gasteiger partial charge in [-0.25, -0.2) is 6.57 Å². The van der Waals surface area contributed by atoms with Crippen molar-refractivity contribution in [2.24, 2.45) is 0 Å². The molecule has 0 saturated heterocycles. The van der Waals surface area contributed by atoms with Crippen LogP contribution in [0.1, 0.15) is 30.5 Å². The molecule has 1 aromatic rings. The fraction of sp³-hybridized carbons (Fsp3) is 0.500. The minimum atomic E-state index is -1.01. The largest absolute Gasteiger partial charge is 0.374 e. The Labute approximate surface area is 134 Å². The van der Waals surface area contributed by atoms with Crippen molar-refractivity contribution < 1.29 is 9.53 Å². The second-order valence-corrected chi connectivity index (χ2v) is 6.17. The summed E-state index contributed by atoms with van der Waals surface area (Å²) in [6.07, 6.45) is 1.14. The lowest BCUT2D eigenvalue weighted by Crippen LogP contribution is -2.47. The number of carbonyl (C=O) groups is 1. The van der Waals surface area contributed by atoms with Crippen LogP contribution in [0.25, 0.3) is 4.85 Å². The summed E-state index contributed by atoms with van der Waals surface area (Å²) < 4.78 is 6.02. The highest BCUT2D eigenvalue weighted by Gasteiger charge is 2.32. The third-order valence-corrected chi connectivity index (χ3v) is 3.79. The second kappa shape index (κ2) is 7.58. The number of hydrogen-bond donors (Lipinski definition) is 1. The van der Waals surface area contributed by atoms with E-state index in [0.717, 1.165) is 27.6 Å². The Kier molecular flexibility index (Phi) is 6.38. The summed E-state index contributed by atoms with van der Waals surface area (Å²) in [6, 6.07) is 4.05. The van der Waals surface area contributed by atoms with Gasteiger partial charge in [0.1, 0.15) is 6.61 Å². The molecule has 5 heteroatoms. The lowest BCUT2D eigenvalue weighted by molar-refractivity contribution is -0.122. The number of nitrogens with one attached hydrogen (secondary N) is 1. The maximum absolute atomic E-state index is 12.2. The summed E-state index contributed by atoms with van der Waals surface area (Å²) in [7, 11) is 1.52. The van der Waals surface area contributed by atoms with Crippen LogP contribution >= 0.6 is 15.9 Å². The fourth-order valence-corrected chi connectivity index (χ4v) is 2.91. The number of amides is 1. The van der Waals surface area contributed by atoms with E-state index in [0.29, 0.717) is 0 Å². The van der Waals surface area contributed by atoms with E-state index in [1.54, 1.807) is 6.92 Å². The second-order valence-electron chi connectivity index (χ2n) is 5.26. The number of carbonyl (C=O) groups excluding carboxylic acids is 1. The minimum absolute atomic E-state index is 0.161. The molecule has 1 rings (SSSR count). The number of hydrogen-bond acceptors (Lipinski definition) is 2. The van der Waals surface area contributed by atoms with Gasteiger partial charge in [0.2, 0.25) is 5.91 Å². The molecule has 1 aromatic carbocycles. The molecule has 0 aliphatic carbocycles. The van der Waals surface area contributed by atoms with Crippen molar-refractivity contribution in [3.05, 3.63) is 44.7 Å². The van der Waals surface area contributed by atoms with Gasteiger partial charge in [0.15, 0.2) is 0 Å². The van der Waals surface area contributed by atoms with Crippen molar-refractivity contribution in [3.63, 3.8) is 0 Å². The summed E-state index contributed by atoms with van der Waals surface area (Å²) in [5.41, 5.74) is 2.24. The van der Waals surface area contributed by atoms with Crippen molar-refractivity contribution >= 4 is 21.8 Å². The van der Waals surface area contributed by atoms with Gasteiger partial charge in [-0.2, -0.15) is 0 Å². The highest BCUT2D eigenvalue weighted by molar-refractivity contribution is 9.10. The van der Waals surface area contributed by atoms with Crippen LogP contribution < -0.4 is 5.32 Å². The van der Waals surface area contributed by atoms with Crippen LogP contribution in [-0.4, -0.2) is 25.3 Å². The van der Waals surface area contributed by atoms with Crippen LogP contribution in [0.5, 0.6) is 0 Å². The van der Waals surface area contributed by atoms with E-state index in [-0.39, 0.29) is 18.9 Å². The summed E-state index contributed by atoms with van der Waals surface area (Å²) in [4.78, 5) is 15.7. The topological polar surface area (TPSA) is 42.7 Å². The predicted octanol–water partition coefficient (Wildman–Crippen LogP) is 3.26. The van der Waals surface area contributed by atoms with Crippen LogP contribution in [0.15, 0.2) is 16.6 Å². The van der Waals surface area contributed by atoms with Crippen molar-refractivity contribution in [3.8, 4) is 0 Å². The van der Waals surface area contributed by atoms with Gasteiger partial charge in [-0.05, 0) is 42.2 Å². The molecule has 0 aliphatic heterocycles. The van der Waals surface area contributed by atoms with E-state index in [1.165, 1.54) is 7.11 Å². The van der Waals surface area contributed by atoms with Gasteiger partial charge in [-0.15, -0.1) is 0 Å². The molecular formula is C16H21BrN2O2. The molecule has 1 amide bonds. The van der Waals surface area contributed by atoms with Gasteiger partial charge in [-0.1, -0.05) is 22.9 Å². The van der Waals surface area contributed by atoms with E-state index in [9.17, 15) is 4.79 Å². The molecule has 0 fully saturated rings. The first kappa shape index (κ1) is 17.7. The van der Waals surface area contributed by atoms with Gasteiger partial charge in [0.25, 0.3) is 0 Å². The number of nitrogens with zero attached hydrogens (tertiary/aromatic N) is 1. The zero-order valence-corrected chi connectivity index (χ0v) is 14.5. The molecule has 1 N–H and O–H groups in total.